The van der Waals surface area contributed by atoms with Gasteiger partial charge >= 0.3 is 0 Å². The molecule has 2 saturated carbocycles. The van der Waals surface area contributed by atoms with Crippen LogP contribution in [0, 0.1) is 35.9 Å². The van der Waals surface area contributed by atoms with Crippen LogP contribution in [0.5, 0.6) is 0 Å². The van der Waals surface area contributed by atoms with E-state index in [2.05, 4.69) is 22.3 Å². The van der Waals surface area contributed by atoms with Gasteiger partial charge in [0, 0.05) is 29.3 Å². The molecular formula is C27H25FN2O. The van der Waals surface area contributed by atoms with Crippen LogP contribution in [-0.4, -0.2) is 17.4 Å². The Hall–Kier alpha value is -3.19. The summed E-state index contributed by atoms with van der Waals surface area (Å²) in [5, 5.41) is 4.05. The van der Waals surface area contributed by atoms with Crippen LogP contribution in [0.1, 0.15) is 53.1 Å². The minimum Gasteiger partial charge on any atom is -0.352 e. The number of terminal acetylenes is 1. The van der Waals surface area contributed by atoms with Gasteiger partial charge in [-0.3, -0.25) is 9.78 Å². The maximum absolute atomic E-state index is 13.8. The highest BCUT2D eigenvalue weighted by atomic mass is 19.1. The number of halogens is 1. The summed E-state index contributed by atoms with van der Waals surface area (Å²) in [6.07, 6.45) is 11.8. The second-order valence-electron chi connectivity index (χ2n) is 9.02. The third-order valence-electron chi connectivity index (χ3n) is 7.16. The topological polar surface area (TPSA) is 42.0 Å². The predicted molar refractivity (Wildman–Crippen MR) is 120 cm³/mol. The summed E-state index contributed by atoms with van der Waals surface area (Å²) in [7, 11) is 0. The standard InChI is InChI=1S/C27H25FN2O/c1-2-17-3-5-19(6-4-17)27(31)30-16-18-11-20-13-22(14-21(20)12-18)24-9-10-29-26-8-7-23(28)15-25(24)26/h1,3-10,15,18,20-22H,11-14,16H2,(H,30,31)/t18-,20-,21+,22?. The zero-order chi connectivity index (χ0) is 21.4. The Balaban J connectivity index is 1.19. The summed E-state index contributed by atoms with van der Waals surface area (Å²) < 4.78 is 13.8. The van der Waals surface area contributed by atoms with Crippen molar-refractivity contribution in [2.45, 2.75) is 31.6 Å². The molecule has 1 unspecified atom stereocenters. The minimum absolute atomic E-state index is 0.0382. The molecule has 4 heteroatoms. The Bertz CT molecular complexity index is 1150. The van der Waals surface area contributed by atoms with Gasteiger partial charge in [0.15, 0.2) is 0 Å². The van der Waals surface area contributed by atoms with Crippen molar-refractivity contribution < 1.29 is 9.18 Å². The number of hydrogen-bond acceptors (Lipinski definition) is 2. The average Bonchev–Trinajstić information content (AvgIpc) is 3.36. The van der Waals surface area contributed by atoms with Crippen molar-refractivity contribution in [3.05, 3.63) is 77.2 Å². The van der Waals surface area contributed by atoms with Crippen molar-refractivity contribution in [3.63, 3.8) is 0 Å². The average molecular weight is 413 g/mol. The fraction of sp³-hybridized carbons (Fsp3) is 0.333. The molecule has 2 aliphatic rings. The van der Waals surface area contributed by atoms with Gasteiger partial charge in [-0.05, 0) is 103 Å². The Morgan fingerprint density at radius 2 is 1.81 bits per heavy atom. The number of nitrogens with zero attached hydrogens (tertiary/aromatic N) is 1. The van der Waals surface area contributed by atoms with Gasteiger partial charge in [-0.1, -0.05) is 5.92 Å². The smallest absolute Gasteiger partial charge is 0.251 e. The monoisotopic (exact) mass is 412 g/mol. The molecule has 1 heterocycles. The number of pyridine rings is 1. The molecule has 5 rings (SSSR count). The van der Waals surface area contributed by atoms with E-state index in [-0.39, 0.29) is 11.7 Å². The summed E-state index contributed by atoms with van der Waals surface area (Å²) in [4.78, 5) is 16.8. The van der Waals surface area contributed by atoms with E-state index >= 15 is 0 Å². The third kappa shape index (κ3) is 3.93. The van der Waals surface area contributed by atoms with E-state index < -0.39 is 0 Å². The molecule has 156 valence electrons. The molecule has 4 atom stereocenters. The minimum atomic E-state index is -0.204. The van der Waals surface area contributed by atoms with Crippen LogP contribution in [0.25, 0.3) is 10.9 Å². The van der Waals surface area contributed by atoms with Gasteiger partial charge in [0.1, 0.15) is 5.82 Å². The SMILES string of the molecule is C#Cc1ccc(C(=O)NC[C@H]2C[C@H]3CC(c4ccnc5ccc(F)cc45)C[C@H]3C2)cc1. The molecule has 1 amide bonds. The summed E-state index contributed by atoms with van der Waals surface area (Å²) >= 11 is 0. The van der Waals surface area contributed by atoms with Gasteiger partial charge in [-0.2, -0.15) is 0 Å². The van der Waals surface area contributed by atoms with E-state index in [9.17, 15) is 9.18 Å². The lowest BCUT2D eigenvalue weighted by Gasteiger charge is -2.17. The van der Waals surface area contributed by atoms with Gasteiger partial charge in [0.05, 0.1) is 5.52 Å². The molecule has 1 N–H and O–H groups in total. The largest absolute Gasteiger partial charge is 0.352 e. The number of hydrogen-bond donors (Lipinski definition) is 1. The second-order valence-corrected chi connectivity index (χ2v) is 9.02. The van der Waals surface area contributed by atoms with Crippen molar-refractivity contribution >= 4 is 16.8 Å². The first-order valence-corrected chi connectivity index (χ1v) is 11.0. The number of benzene rings is 2. The summed E-state index contributed by atoms with van der Waals surface area (Å²) in [5.41, 5.74) is 3.53. The Kier molecular flexibility index (Phi) is 5.19. The lowest BCUT2D eigenvalue weighted by atomic mass is 9.90. The van der Waals surface area contributed by atoms with E-state index in [1.54, 1.807) is 36.4 Å². The Labute approximate surface area is 182 Å². The van der Waals surface area contributed by atoms with E-state index in [4.69, 9.17) is 6.42 Å². The molecule has 2 aromatic carbocycles. The molecule has 0 aliphatic heterocycles. The van der Waals surface area contributed by atoms with Crippen LogP contribution < -0.4 is 5.32 Å². The number of amides is 1. The van der Waals surface area contributed by atoms with Crippen molar-refractivity contribution in [3.8, 4) is 12.3 Å². The van der Waals surface area contributed by atoms with Crippen LogP contribution in [0.3, 0.4) is 0 Å². The van der Waals surface area contributed by atoms with Gasteiger partial charge < -0.3 is 5.32 Å². The highest BCUT2D eigenvalue weighted by molar-refractivity contribution is 5.94. The fourth-order valence-corrected chi connectivity index (χ4v) is 5.72. The highest BCUT2D eigenvalue weighted by Crippen LogP contribution is 2.53. The van der Waals surface area contributed by atoms with Gasteiger partial charge in [0.25, 0.3) is 5.91 Å². The molecule has 0 radical (unpaired) electrons. The first kappa shape index (κ1) is 19.8. The third-order valence-corrected chi connectivity index (χ3v) is 7.16. The lowest BCUT2D eigenvalue weighted by molar-refractivity contribution is 0.0946. The Morgan fingerprint density at radius 1 is 1.06 bits per heavy atom. The first-order chi connectivity index (χ1) is 15.1. The van der Waals surface area contributed by atoms with Crippen molar-refractivity contribution in [1.29, 1.82) is 0 Å². The molecule has 0 spiro atoms. The number of nitrogens with one attached hydrogen (secondary N) is 1. The zero-order valence-electron chi connectivity index (χ0n) is 17.4. The van der Waals surface area contributed by atoms with E-state index in [0.717, 1.165) is 48.7 Å². The quantitative estimate of drug-likeness (QED) is 0.591. The zero-order valence-corrected chi connectivity index (χ0v) is 17.4. The van der Waals surface area contributed by atoms with Crippen LogP contribution >= 0.6 is 0 Å². The number of carbonyl (C=O) groups is 1. The second kappa shape index (κ2) is 8.15. The summed E-state index contributed by atoms with van der Waals surface area (Å²) in [6.45, 7) is 0.719. The van der Waals surface area contributed by atoms with E-state index in [0.29, 0.717) is 29.2 Å². The molecule has 0 bridgehead atoms. The maximum atomic E-state index is 13.8. The summed E-state index contributed by atoms with van der Waals surface area (Å²) in [6, 6.07) is 14.1. The maximum Gasteiger partial charge on any atom is 0.251 e. The number of aromatic nitrogens is 1. The molecule has 2 aliphatic carbocycles. The molecule has 3 aromatic rings. The first-order valence-electron chi connectivity index (χ1n) is 11.0. The number of rotatable bonds is 4. The van der Waals surface area contributed by atoms with Crippen LogP contribution in [0.4, 0.5) is 4.39 Å². The molecule has 3 nitrogen and oxygen atoms in total. The predicted octanol–water partition coefficient (Wildman–Crippen LogP) is 5.31. The van der Waals surface area contributed by atoms with Crippen molar-refractivity contribution in [2.75, 3.05) is 6.54 Å². The number of fused-ring (bicyclic) bond motifs is 2. The molecule has 31 heavy (non-hydrogen) atoms. The molecule has 1 aromatic heterocycles. The normalized spacial score (nSPS) is 24.6. The van der Waals surface area contributed by atoms with Gasteiger partial charge in [-0.15, -0.1) is 6.42 Å². The van der Waals surface area contributed by atoms with Gasteiger partial charge in [-0.25, -0.2) is 4.39 Å². The molecule has 2 fully saturated rings. The molecular weight excluding hydrogens is 387 g/mol. The van der Waals surface area contributed by atoms with Crippen LogP contribution in [0.15, 0.2) is 54.7 Å². The highest BCUT2D eigenvalue weighted by Gasteiger charge is 2.42. The van der Waals surface area contributed by atoms with E-state index in [1.165, 1.54) is 11.6 Å². The van der Waals surface area contributed by atoms with Gasteiger partial charge in [0.2, 0.25) is 0 Å². The summed E-state index contributed by atoms with van der Waals surface area (Å²) in [5.74, 6) is 4.67. The van der Waals surface area contributed by atoms with Crippen LogP contribution in [0.2, 0.25) is 0 Å². The molecule has 0 saturated heterocycles. The van der Waals surface area contributed by atoms with Crippen molar-refractivity contribution in [2.24, 2.45) is 17.8 Å². The van der Waals surface area contributed by atoms with Crippen LogP contribution in [-0.2, 0) is 0 Å². The Morgan fingerprint density at radius 3 is 2.52 bits per heavy atom. The lowest BCUT2D eigenvalue weighted by Crippen LogP contribution is -2.28. The number of carbonyl (C=O) groups excluding carboxylic acids is 1. The van der Waals surface area contributed by atoms with Crippen molar-refractivity contribution in [1.82, 2.24) is 10.3 Å². The van der Waals surface area contributed by atoms with E-state index in [1.807, 2.05) is 6.20 Å². The fourth-order valence-electron chi connectivity index (χ4n) is 5.72.